The molecular weight excluding hydrogens is 555 g/mol. The fourth-order valence-electron chi connectivity index (χ4n) is 4.06. The molecule has 0 fully saturated rings. The molecule has 10 nitrogen and oxygen atoms in total. The van der Waals surface area contributed by atoms with E-state index in [0.717, 1.165) is 10.8 Å². The monoisotopic (exact) mass is 581 g/mol. The predicted molar refractivity (Wildman–Crippen MR) is 146 cm³/mol. The van der Waals surface area contributed by atoms with Crippen LogP contribution in [-0.4, -0.2) is 50.0 Å². The molecule has 2 aromatic heterocycles. The van der Waals surface area contributed by atoms with Crippen molar-refractivity contribution in [1.82, 2.24) is 19.9 Å². The van der Waals surface area contributed by atoms with Crippen molar-refractivity contribution in [1.29, 1.82) is 0 Å². The zero-order valence-corrected chi connectivity index (χ0v) is 22.0. The number of halogens is 3. The van der Waals surface area contributed by atoms with E-state index in [1.165, 1.54) is 24.5 Å². The number of carbonyl (C=O) groups is 2. The number of amides is 2. The highest BCUT2D eigenvalue weighted by Gasteiger charge is 2.44. The zero-order chi connectivity index (χ0) is 30.1. The maximum atomic E-state index is 13.4. The van der Waals surface area contributed by atoms with Gasteiger partial charge in [-0.15, -0.1) is 0 Å². The predicted octanol–water partition coefficient (Wildman–Crippen LogP) is 3.70. The molecule has 0 aliphatic heterocycles. The Bertz CT molecular complexity index is 1550. The van der Waals surface area contributed by atoms with Gasteiger partial charge in [0, 0.05) is 18.0 Å². The number of nitrogens with one attached hydrogen (secondary N) is 2. The highest BCUT2D eigenvalue weighted by atomic mass is 19.4. The van der Waals surface area contributed by atoms with E-state index in [4.69, 9.17) is 4.74 Å². The lowest BCUT2D eigenvalue weighted by molar-refractivity contribution is -0.212. The number of benzene rings is 2. The van der Waals surface area contributed by atoms with Crippen LogP contribution in [0.4, 0.5) is 23.7 Å². The number of rotatable bonds is 10. The summed E-state index contributed by atoms with van der Waals surface area (Å²) >= 11 is 0. The van der Waals surface area contributed by atoms with Crippen LogP contribution in [0.25, 0.3) is 11.4 Å². The molecule has 42 heavy (non-hydrogen) atoms. The van der Waals surface area contributed by atoms with Crippen LogP contribution in [-0.2, 0) is 29.1 Å². The second-order valence-electron chi connectivity index (χ2n) is 9.16. The van der Waals surface area contributed by atoms with E-state index in [9.17, 15) is 32.7 Å². The summed E-state index contributed by atoms with van der Waals surface area (Å²) < 4.78 is 46.4. The molecule has 0 bridgehead atoms. The van der Waals surface area contributed by atoms with Crippen LogP contribution in [0.1, 0.15) is 11.1 Å². The molecule has 0 saturated carbocycles. The van der Waals surface area contributed by atoms with Crippen LogP contribution in [0.15, 0.2) is 96.2 Å². The Hall–Kier alpha value is -5.04. The van der Waals surface area contributed by atoms with Gasteiger partial charge >= 0.3 is 12.3 Å². The molecule has 2 atom stereocenters. The van der Waals surface area contributed by atoms with Gasteiger partial charge in [-0.25, -0.2) is 9.78 Å². The van der Waals surface area contributed by atoms with Crippen molar-refractivity contribution in [2.75, 3.05) is 5.32 Å². The van der Waals surface area contributed by atoms with E-state index in [1.54, 1.807) is 60.7 Å². The van der Waals surface area contributed by atoms with Crippen molar-refractivity contribution in [3.05, 3.63) is 113 Å². The van der Waals surface area contributed by atoms with E-state index in [1.807, 2.05) is 0 Å². The molecule has 2 unspecified atom stereocenters. The molecule has 4 aromatic rings. The second kappa shape index (κ2) is 13.5. The Morgan fingerprint density at radius 1 is 0.952 bits per heavy atom. The summed E-state index contributed by atoms with van der Waals surface area (Å²) in [6.45, 7) is -0.843. The Kier molecular flexibility index (Phi) is 9.65. The van der Waals surface area contributed by atoms with Gasteiger partial charge in [0.25, 0.3) is 5.56 Å². The summed E-state index contributed by atoms with van der Waals surface area (Å²) in [7, 11) is 0. The molecule has 218 valence electrons. The Morgan fingerprint density at radius 2 is 1.57 bits per heavy atom. The topological polar surface area (TPSA) is 135 Å². The Balaban J connectivity index is 1.58. The molecule has 2 heterocycles. The van der Waals surface area contributed by atoms with Gasteiger partial charge in [-0.3, -0.25) is 24.5 Å². The van der Waals surface area contributed by atoms with Gasteiger partial charge in [-0.2, -0.15) is 13.2 Å². The molecule has 0 radical (unpaired) electrons. The molecule has 13 heteroatoms. The summed E-state index contributed by atoms with van der Waals surface area (Å²) in [6, 6.07) is 18.1. The fraction of sp³-hybridized carbons (Fsp3) is 0.207. The number of alkyl halides is 3. The molecule has 2 amide bonds. The summed E-state index contributed by atoms with van der Waals surface area (Å²) in [4.78, 5) is 47.0. The fourth-order valence-corrected chi connectivity index (χ4v) is 4.06. The van der Waals surface area contributed by atoms with Crippen molar-refractivity contribution in [2.24, 2.45) is 0 Å². The zero-order valence-electron chi connectivity index (χ0n) is 22.0. The standard InChI is InChI=1S/C29H26F3N5O5/c30-29(31,32)25(39)22(15-19-7-3-1-4-8-19)35-24(38)17-37-26(21-11-13-33-14-12-21)34-16-23(27(37)40)36-28(41)42-18-20-9-5-2-6-10-20/h1-14,16,22,25,39H,15,17-18H2,(H,35,38)(H,36,41). The molecule has 2 aromatic carbocycles. The number of hydrogen-bond donors (Lipinski definition) is 3. The van der Waals surface area contributed by atoms with Crippen LogP contribution in [0.2, 0.25) is 0 Å². The first-order valence-electron chi connectivity index (χ1n) is 12.7. The summed E-state index contributed by atoms with van der Waals surface area (Å²) in [5, 5.41) is 14.5. The SMILES string of the molecule is O=C(Cn1c(-c2ccncc2)ncc(NC(=O)OCc2ccccc2)c1=O)NC(Cc1ccccc1)C(O)C(F)(F)F. The van der Waals surface area contributed by atoms with Crippen LogP contribution in [0, 0.1) is 0 Å². The maximum Gasteiger partial charge on any atom is 0.416 e. The number of hydrogen-bond acceptors (Lipinski definition) is 7. The molecule has 0 aliphatic rings. The van der Waals surface area contributed by atoms with E-state index >= 15 is 0 Å². The number of aliphatic hydroxyl groups is 1. The summed E-state index contributed by atoms with van der Waals surface area (Å²) in [6.07, 6.45) is -5.24. The molecular formula is C29H26F3N5O5. The molecule has 4 rings (SSSR count). The lowest BCUT2D eigenvalue weighted by Crippen LogP contribution is -2.52. The number of carbonyl (C=O) groups excluding carboxylic acids is 2. The highest BCUT2D eigenvalue weighted by Crippen LogP contribution is 2.24. The van der Waals surface area contributed by atoms with Gasteiger partial charge in [0.05, 0.1) is 12.2 Å². The average Bonchev–Trinajstić information content (AvgIpc) is 2.98. The normalized spacial score (nSPS) is 12.7. The smallest absolute Gasteiger partial charge is 0.416 e. The number of nitrogens with zero attached hydrogens (tertiary/aromatic N) is 3. The quantitative estimate of drug-likeness (QED) is 0.260. The summed E-state index contributed by atoms with van der Waals surface area (Å²) in [5.41, 5.74) is 0.348. The minimum absolute atomic E-state index is 0.00303. The molecule has 0 spiro atoms. The van der Waals surface area contributed by atoms with Crippen molar-refractivity contribution >= 4 is 17.7 Å². The van der Waals surface area contributed by atoms with Gasteiger partial charge in [0.1, 0.15) is 24.7 Å². The van der Waals surface area contributed by atoms with E-state index in [2.05, 4.69) is 20.6 Å². The highest BCUT2D eigenvalue weighted by molar-refractivity contribution is 5.84. The largest absolute Gasteiger partial charge is 0.444 e. The minimum atomic E-state index is -5.02. The maximum absolute atomic E-state index is 13.4. The number of aliphatic hydroxyl groups excluding tert-OH is 1. The summed E-state index contributed by atoms with van der Waals surface area (Å²) in [5.74, 6) is -1.00. The minimum Gasteiger partial charge on any atom is -0.444 e. The Morgan fingerprint density at radius 3 is 2.19 bits per heavy atom. The van der Waals surface area contributed by atoms with Gasteiger partial charge in [0.15, 0.2) is 6.10 Å². The third-order valence-electron chi connectivity index (χ3n) is 6.10. The first-order valence-corrected chi connectivity index (χ1v) is 12.7. The van der Waals surface area contributed by atoms with Crippen molar-refractivity contribution in [2.45, 2.75) is 37.9 Å². The number of ether oxygens (including phenoxy) is 1. The van der Waals surface area contributed by atoms with Gasteiger partial charge in [-0.1, -0.05) is 60.7 Å². The molecule has 0 aliphatic carbocycles. The average molecular weight is 582 g/mol. The van der Waals surface area contributed by atoms with Gasteiger partial charge in [0.2, 0.25) is 5.91 Å². The molecule has 0 saturated heterocycles. The van der Waals surface area contributed by atoms with Gasteiger partial charge in [-0.05, 0) is 29.7 Å². The number of aromatic nitrogens is 3. The number of pyridine rings is 1. The Labute approximate surface area is 237 Å². The molecule has 3 N–H and O–H groups in total. The van der Waals surface area contributed by atoms with Crippen LogP contribution in [0.5, 0.6) is 0 Å². The van der Waals surface area contributed by atoms with E-state index in [0.29, 0.717) is 16.7 Å². The first-order chi connectivity index (χ1) is 20.1. The van der Waals surface area contributed by atoms with E-state index in [-0.39, 0.29) is 24.5 Å². The van der Waals surface area contributed by atoms with Crippen LogP contribution in [0.3, 0.4) is 0 Å². The van der Waals surface area contributed by atoms with Crippen LogP contribution < -0.4 is 16.2 Å². The lowest BCUT2D eigenvalue weighted by atomic mass is 10.0. The second-order valence-corrected chi connectivity index (χ2v) is 9.16. The third-order valence-corrected chi connectivity index (χ3v) is 6.10. The van der Waals surface area contributed by atoms with Crippen molar-refractivity contribution in [3.63, 3.8) is 0 Å². The lowest BCUT2D eigenvalue weighted by Gasteiger charge is -2.26. The van der Waals surface area contributed by atoms with Gasteiger partial charge < -0.3 is 15.2 Å². The third kappa shape index (κ3) is 8.01. The number of anilines is 1. The van der Waals surface area contributed by atoms with Crippen LogP contribution >= 0.6 is 0 Å². The van der Waals surface area contributed by atoms with Crippen molar-refractivity contribution < 1.29 is 32.6 Å². The first kappa shape index (κ1) is 29.9. The van der Waals surface area contributed by atoms with E-state index < -0.39 is 42.4 Å². The van der Waals surface area contributed by atoms with Crippen molar-refractivity contribution in [3.8, 4) is 11.4 Å².